The van der Waals surface area contributed by atoms with E-state index in [0.29, 0.717) is 6.54 Å². The topological polar surface area (TPSA) is 89.3 Å². The molecule has 1 aromatic heterocycles. The summed E-state index contributed by atoms with van der Waals surface area (Å²) < 4.78 is 51.2. The molecule has 7 nitrogen and oxygen atoms in total. The molecule has 126 valence electrons. The first kappa shape index (κ1) is 17.6. The van der Waals surface area contributed by atoms with Crippen LogP contribution in [0, 0.1) is 0 Å². The number of aromatic nitrogens is 2. The summed E-state index contributed by atoms with van der Waals surface area (Å²) in [6, 6.07) is 5.25. The molecule has 0 N–H and O–H groups in total. The fourth-order valence-electron chi connectivity index (χ4n) is 2.13. The zero-order valence-electron chi connectivity index (χ0n) is 13.2. The van der Waals surface area contributed by atoms with Gasteiger partial charge < -0.3 is 0 Å². The molecule has 2 rings (SSSR count). The normalized spacial score (nSPS) is 12.7. The van der Waals surface area contributed by atoms with E-state index in [1.807, 2.05) is 0 Å². The molecule has 0 aliphatic rings. The van der Waals surface area contributed by atoms with Crippen LogP contribution in [0.5, 0.6) is 0 Å². The summed E-state index contributed by atoms with van der Waals surface area (Å²) in [6.07, 6.45) is 4.45. The Hall–Kier alpha value is -1.71. The summed E-state index contributed by atoms with van der Waals surface area (Å²) in [7, 11) is -5.29. The number of benzene rings is 1. The van der Waals surface area contributed by atoms with Crippen molar-refractivity contribution in [2.24, 2.45) is 7.05 Å². The Morgan fingerprint density at radius 1 is 1.09 bits per heavy atom. The van der Waals surface area contributed by atoms with Crippen molar-refractivity contribution in [3.63, 3.8) is 0 Å². The lowest BCUT2D eigenvalue weighted by atomic mass is 10.3. The highest BCUT2D eigenvalue weighted by Crippen LogP contribution is 2.20. The minimum absolute atomic E-state index is 0.0654. The molecule has 0 spiro atoms. The highest BCUT2D eigenvalue weighted by Gasteiger charge is 2.24. The van der Waals surface area contributed by atoms with Crippen molar-refractivity contribution in [1.29, 1.82) is 0 Å². The molecule has 0 aliphatic heterocycles. The van der Waals surface area contributed by atoms with Crippen molar-refractivity contribution < 1.29 is 16.8 Å². The average molecular weight is 357 g/mol. The van der Waals surface area contributed by atoms with E-state index in [-0.39, 0.29) is 16.3 Å². The summed E-state index contributed by atoms with van der Waals surface area (Å²) in [5.41, 5.74) is 0.783. The second kappa shape index (κ2) is 6.42. The monoisotopic (exact) mass is 357 g/mol. The van der Waals surface area contributed by atoms with Crippen LogP contribution in [0.3, 0.4) is 0 Å². The third kappa shape index (κ3) is 3.98. The van der Waals surface area contributed by atoms with Crippen LogP contribution in [-0.4, -0.2) is 43.7 Å². The maximum absolute atomic E-state index is 12.7. The fraction of sp³-hybridized carbons (Fsp3) is 0.357. The van der Waals surface area contributed by atoms with Crippen molar-refractivity contribution in [3.8, 4) is 0 Å². The van der Waals surface area contributed by atoms with Crippen LogP contribution in [0.15, 0.2) is 46.5 Å². The van der Waals surface area contributed by atoms with Crippen LogP contribution in [0.4, 0.5) is 0 Å². The third-order valence-corrected chi connectivity index (χ3v) is 6.42. The largest absolute Gasteiger partial charge is 0.275 e. The lowest BCUT2D eigenvalue weighted by Crippen LogP contribution is -2.30. The fourth-order valence-corrected chi connectivity index (χ4v) is 4.20. The Morgan fingerprint density at radius 2 is 1.65 bits per heavy atom. The average Bonchev–Trinajstić information content (AvgIpc) is 2.89. The predicted octanol–water partition coefficient (Wildman–Crippen LogP) is 1.03. The Balaban J connectivity index is 2.31. The van der Waals surface area contributed by atoms with Gasteiger partial charge in [0.05, 0.1) is 16.0 Å². The standard InChI is InChI=1S/C14H19N3O4S2/c1-4-17(11-12-9-15-16(2)10-12)23(20,21)14-7-5-13(6-8-14)22(3,18)19/h5-10H,4,11H2,1-3H3. The smallest absolute Gasteiger partial charge is 0.243 e. The zero-order chi connectivity index (χ0) is 17.3. The number of sulfonamides is 1. The molecule has 0 saturated carbocycles. The maximum Gasteiger partial charge on any atom is 0.243 e. The molecule has 0 saturated heterocycles. The van der Waals surface area contributed by atoms with Crippen molar-refractivity contribution in [2.75, 3.05) is 12.8 Å². The van der Waals surface area contributed by atoms with Crippen LogP contribution in [-0.2, 0) is 33.5 Å². The molecule has 1 aromatic carbocycles. The van der Waals surface area contributed by atoms with Crippen molar-refractivity contribution >= 4 is 19.9 Å². The maximum atomic E-state index is 12.7. The molecule has 0 unspecified atom stereocenters. The van der Waals surface area contributed by atoms with E-state index in [2.05, 4.69) is 5.10 Å². The first-order valence-corrected chi connectivity index (χ1v) is 10.3. The van der Waals surface area contributed by atoms with Gasteiger partial charge in [0.15, 0.2) is 9.84 Å². The van der Waals surface area contributed by atoms with Crippen molar-refractivity contribution in [2.45, 2.75) is 23.3 Å². The van der Waals surface area contributed by atoms with E-state index in [9.17, 15) is 16.8 Å². The lowest BCUT2D eigenvalue weighted by Gasteiger charge is -2.20. The molecule has 0 bridgehead atoms. The summed E-state index contributed by atoms with van der Waals surface area (Å²) in [5.74, 6) is 0. The lowest BCUT2D eigenvalue weighted by molar-refractivity contribution is 0.423. The van der Waals surface area contributed by atoms with Gasteiger partial charge in [-0.25, -0.2) is 16.8 Å². The van der Waals surface area contributed by atoms with Crippen LogP contribution in [0.25, 0.3) is 0 Å². The molecule has 2 aromatic rings. The Bertz CT molecular complexity index is 884. The third-order valence-electron chi connectivity index (χ3n) is 3.36. The summed E-state index contributed by atoms with van der Waals surface area (Å²) >= 11 is 0. The summed E-state index contributed by atoms with van der Waals surface area (Å²) in [5, 5.41) is 4.03. The number of nitrogens with zero attached hydrogens (tertiary/aromatic N) is 3. The van der Waals surface area contributed by atoms with Gasteiger partial charge in [-0.3, -0.25) is 4.68 Å². The van der Waals surface area contributed by atoms with Crippen LogP contribution in [0.1, 0.15) is 12.5 Å². The molecule has 1 heterocycles. The predicted molar refractivity (Wildman–Crippen MR) is 86.0 cm³/mol. The van der Waals surface area contributed by atoms with Gasteiger partial charge in [-0.15, -0.1) is 0 Å². The number of aryl methyl sites for hydroxylation is 1. The first-order valence-electron chi connectivity index (χ1n) is 6.92. The van der Waals surface area contributed by atoms with E-state index in [1.54, 1.807) is 31.0 Å². The molecule has 23 heavy (non-hydrogen) atoms. The molecule has 0 aliphatic carbocycles. The second-order valence-electron chi connectivity index (χ2n) is 5.20. The van der Waals surface area contributed by atoms with Crippen LogP contribution >= 0.6 is 0 Å². The Kier molecular flexibility index (Phi) is 4.92. The summed E-state index contributed by atoms with van der Waals surface area (Å²) in [4.78, 5) is 0.155. The van der Waals surface area contributed by atoms with Crippen molar-refractivity contribution in [1.82, 2.24) is 14.1 Å². The minimum Gasteiger partial charge on any atom is -0.275 e. The van der Waals surface area contributed by atoms with Crippen LogP contribution in [0.2, 0.25) is 0 Å². The minimum atomic E-state index is -3.70. The number of hydrogen-bond acceptors (Lipinski definition) is 5. The molecule has 0 atom stereocenters. The van der Waals surface area contributed by atoms with E-state index in [1.165, 1.54) is 28.6 Å². The zero-order valence-corrected chi connectivity index (χ0v) is 14.8. The first-order chi connectivity index (χ1) is 10.6. The SMILES string of the molecule is CCN(Cc1cnn(C)c1)S(=O)(=O)c1ccc(S(C)(=O)=O)cc1. The summed E-state index contributed by atoms with van der Waals surface area (Å²) in [6.45, 7) is 2.25. The second-order valence-corrected chi connectivity index (χ2v) is 9.15. The van der Waals surface area contributed by atoms with Crippen molar-refractivity contribution in [3.05, 3.63) is 42.2 Å². The molecular weight excluding hydrogens is 338 g/mol. The van der Waals surface area contributed by atoms with Gasteiger partial charge >= 0.3 is 0 Å². The van der Waals surface area contributed by atoms with E-state index >= 15 is 0 Å². The van der Waals surface area contributed by atoms with Gasteiger partial charge in [0.1, 0.15) is 0 Å². The highest BCUT2D eigenvalue weighted by atomic mass is 32.2. The quantitative estimate of drug-likeness (QED) is 0.770. The van der Waals surface area contributed by atoms with Gasteiger partial charge in [-0.1, -0.05) is 6.92 Å². The van der Waals surface area contributed by atoms with E-state index < -0.39 is 19.9 Å². The number of sulfone groups is 1. The van der Waals surface area contributed by atoms with Gasteiger partial charge in [-0.2, -0.15) is 9.40 Å². The molecule has 9 heteroatoms. The van der Waals surface area contributed by atoms with Gasteiger partial charge in [0.2, 0.25) is 10.0 Å². The number of hydrogen-bond donors (Lipinski definition) is 0. The van der Waals surface area contributed by atoms with Gasteiger partial charge in [0.25, 0.3) is 0 Å². The van der Waals surface area contributed by atoms with E-state index in [0.717, 1.165) is 11.8 Å². The van der Waals surface area contributed by atoms with E-state index in [4.69, 9.17) is 0 Å². The number of rotatable bonds is 6. The molecular formula is C14H19N3O4S2. The molecule has 0 fully saturated rings. The van der Waals surface area contributed by atoms with Gasteiger partial charge in [-0.05, 0) is 24.3 Å². The highest BCUT2D eigenvalue weighted by molar-refractivity contribution is 7.90. The molecule has 0 radical (unpaired) electrons. The van der Waals surface area contributed by atoms with Crippen LogP contribution < -0.4 is 0 Å². The Morgan fingerprint density at radius 3 is 2.09 bits per heavy atom. The molecule has 0 amide bonds. The van der Waals surface area contributed by atoms with Gasteiger partial charge in [0, 0.05) is 38.2 Å². The Labute approximate surface area is 136 Å².